The monoisotopic (exact) mass is 191 g/mol. The molecule has 1 saturated heterocycles. The lowest BCUT2D eigenvalue weighted by molar-refractivity contribution is 0.131. The van der Waals surface area contributed by atoms with Crippen molar-refractivity contribution in [3.8, 4) is 0 Å². The van der Waals surface area contributed by atoms with E-state index in [2.05, 4.69) is 4.90 Å². The number of aliphatic hydroxyl groups excluding tert-OH is 2. The summed E-state index contributed by atoms with van der Waals surface area (Å²) in [7, 11) is 0. The molecule has 0 amide bonds. The lowest BCUT2D eigenvalue weighted by atomic mass is 10.2. The van der Waals surface area contributed by atoms with Gasteiger partial charge in [-0.15, -0.1) is 0 Å². The smallest absolute Gasteiger partial charge is 0.0558 e. The molecule has 0 aromatic heterocycles. The largest absolute Gasteiger partial charge is 0.395 e. The Balaban J connectivity index is 2.29. The van der Waals surface area contributed by atoms with Crippen LogP contribution in [0.1, 0.15) is 6.42 Å². The molecule has 0 spiro atoms. The molecule has 1 fully saturated rings. The van der Waals surface area contributed by atoms with Gasteiger partial charge in [0.1, 0.15) is 0 Å². The Kier molecular flexibility index (Phi) is 4.99. The van der Waals surface area contributed by atoms with Crippen molar-refractivity contribution in [1.29, 1.82) is 0 Å². The van der Waals surface area contributed by atoms with Gasteiger partial charge in [0.05, 0.1) is 13.2 Å². The van der Waals surface area contributed by atoms with E-state index in [1.807, 2.05) is 11.8 Å². The third kappa shape index (κ3) is 2.94. The van der Waals surface area contributed by atoms with Crippen LogP contribution in [-0.2, 0) is 0 Å². The standard InChI is InChI=1S/C8H17NO2S/c10-4-2-9(3-5-11)8-1-6-12-7-8/h8,10-11H,1-7H2/t8-/m1/s1. The van der Waals surface area contributed by atoms with Crippen LogP contribution in [0.2, 0.25) is 0 Å². The molecule has 1 heterocycles. The van der Waals surface area contributed by atoms with Crippen molar-refractivity contribution in [2.45, 2.75) is 12.5 Å². The molecule has 3 nitrogen and oxygen atoms in total. The highest BCUT2D eigenvalue weighted by Gasteiger charge is 2.21. The van der Waals surface area contributed by atoms with Crippen molar-refractivity contribution in [2.24, 2.45) is 0 Å². The number of aliphatic hydroxyl groups is 2. The zero-order valence-corrected chi connectivity index (χ0v) is 8.09. The van der Waals surface area contributed by atoms with Gasteiger partial charge in [-0.25, -0.2) is 0 Å². The van der Waals surface area contributed by atoms with Gasteiger partial charge >= 0.3 is 0 Å². The van der Waals surface area contributed by atoms with Gasteiger partial charge in [-0.05, 0) is 12.2 Å². The summed E-state index contributed by atoms with van der Waals surface area (Å²) in [5.74, 6) is 2.37. The van der Waals surface area contributed by atoms with Crippen LogP contribution in [0.15, 0.2) is 0 Å². The highest BCUT2D eigenvalue weighted by Crippen LogP contribution is 2.21. The fourth-order valence-electron chi connectivity index (χ4n) is 1.54. The molecule has 2 N–H and O–H groups in total. The number of hydrogen-bond acceptors (Lipinski definition) is 4. The highest BCUT2D eigenvalue weighted by atomic mass is 32.2. The van der Waals surface area contributed by atoms with Crippen molar-refractivity contribution in [3.63, 3.8) is 0 Å². The predicted octanol–water partition coefficient (Wildman–Crippen LogP) is -0.222. The Morgan fingerprint density at radius 2 is 1.92 bits per heavy atom. The maximum absolute atomic E-state index is 8.79. The Labute approximate surface area is 77.8 Å². The van der Waals surface area contributed by atoms with Crippen molar-refractivity contribution >= 4 is 11.8 Å². The summed E-state index contributed by atoms with van der Waals surface area (Å²) in [5, 5.41) is 17.6. The molecule has 72 valence electrons. The number of hydrogen-bond donors (Lipinski definition) is 2. The Morgan fingerprint density at radius 3 is 2.33 bits per heavy atom. The molecule has 4 heteroatoms. The highest BCUT2D eigenvalue weighted by molar-refractivity contribution is 7.99. The van der Waals surface area contributed by atoms with E-state index in [0.29, 0.717) is 19.1 Å². The quantitative estimate of drug-likeness (QED) is 0.630. The van der Waals surface area contributed by atoms with Crippen molar-refractivity contribution in [3.05, 3.63) is 0 Å². The third-order valence-electron chi connectivity index (χ3n) is 2.20. The summed E-state index contributed by atoms with van der Waals surface area (Å²) in [6.45, 7) is 1.79. The molecule has 0 aliphatic carbocycles. The van der Waals surface area contributed by atoms with Crippen LogP contribution in [-0.4, -0.2) is 59.0 Å². The predicted molar refractivity (Wildman–Crippen MR) is 51.5 cm³/mol. The van der Waals surface area contributed by atoms with Crippen LogP contribution in [0.25, 0.3) is 0 Å². The SMILES string of the molecule is OCCN(CCO)[C@@H]1CCSC1. The average molecular weight is 191 g/mol. The molecule has 1 aliphatic rings. The summed E-state index contributed by atoms with van der Waals surface area (Å²) in [5.41, 5.74) is 0. The van der Waals surface area contributed by atoms with Crippen LogP contribution < -0.4 is 0 Å². The van der Waals surface area contributed by atoms with Crippen LogP contribution in [0, 0.1) is 0 Å². The summed E-state index contributed by atoms with van der Waals surface area (Å²) in [4.78, 5) is 2.18. The summed E-state index contributed by atoms with van der Waals surface area (Å²) in [6.07, 6.45) is 1.20. The van der Waals surface area contributed by atoms with Crippen molar-refractivity contribution in [2.75, 3.05) is 37.8 Å². The number of nitrogens with zero attached hydrogens (tertiary/aromatic N) is 1. The molecule has 1 aliphatic heterocycles. The third-order valence-corrected chi connectivity index (χ3v) is 3.34. The van der Waals surface area contributed by atoms with E-state index < -0.39 is 0 Å². The van der Waals surface area contributed by atoms with Crippen molar-refractivity contribution in [1.82, 2.24) is 4.90 Å². The van der Waals surface area contributed by atoms with Gasteiger partial charge in [0.2, 0.25) is 0 Å². The van der Waals surface area contributed by atoms with Crippen LogP contribution >= 0.6 is 11.8 Å². The Bertz CT molecular complexity index is 112. The summed E-state index contributed by atoms with van der Waals surface area (Å²) in [6, 6.07) is 0.578. The minimum Gasteiger partial charge on any atom is -0.395 e. The van der Waals surface area contributed by atoms with Crippen LogP contribution in [0.5, 0.6) is 0 Å². The molecule has 0 saturated carbocycles. The Hall–Kier alpha value is 0.230. The van der Waals surface area contributed by atoms with Gasteiger partial charge in [-0.2, -0.15) is 11.8 Å². The van der Waals surface area contributed by atoms with Gasteiger partial charge in [-0.3, -0.25) is 4.90 Å². The molecule has 12 heavy (non-hydrogen) atoms. The van der Waals surface area contributed by atoms with Gasteiger partial charge < -0.3 is 10.2 Å². The van der Waals surface area contributed by atoms with Gasteiger partial charge in [-0.1, -0.05) is 0 Å². The minimum atomic E-state index is 0.196. The molecule has 0 bridgehead atoms. The maximum Gasteiger partial charge on any atom is 0.0558 e. The number of rotatable bonds is 5. The molecule has 0 unspecified atom stereocenters. The van der Waals surface area contributed by atoms with Gasteiger partial charge in [0.25, 0.3) is 0 Å². The molecule has 1 rings (SSSR count). The minimum absolute atomic E-state index is 0.196. The van der Waals surface area contributed by atoms with E-state index in [4.69, 9.17) is 10.2 Å². The van der Waals surface area contributed by atoms with Crippen LogP contribution in [0.4, 0.5) is 0 Å². The maximum atomic E-state index is 8.79. The van der Waals surface area contributed by atoms with Crippen molar-refractivity contribution < 1.29 is 10.2 Å². The topological polar surface area (TPSA) is 43.7 Å². The first-order chi connectivity index (χ1) is 5.88. The lowest BCUT2D eigenvalue weighted by Gasteiger charge is -2.26. The second-order valence-corrected chi connectivity index (χ2v) is 4.15. The van der Waals surface area contributed by atoms with Gasteiger partial charge in [0, 0.05) is 24.9 Å². The summed E-state index contributed by atoms with van der Waals surface area (Å²) >= 11 is 1.96. The van der Waals surface area contributed by atoms with Gasteiger partial charge in [0.15, 0.2) is 0 Å². The molecule has 0 radical (unpaired) electrons. The van der Waals surface area contributed by atoms with E-state index in [0.717, 1.165) is 5.75 Å². The van der Waals surface area contributed by atoms with E-state index in [1.165, 1.54) is 12.2 Å². The van der Waals surface area contributed by atoms with E-state index in [9.17, 15) is 0 Å². The molecule has 0 aromatic rings. The zero-order valence-electron chi connectivity index (χ0n) is 7.28. The lowest BCUT2D eigenvalue weighted by Crippen LogP contribution is -2.39. The van der Waals surface area contributed by atoms with E-state index in [-0.39, 0.29) is 13.2 Å². The molecule has 0 aromatic carbocycles. The first-order valence-corrected chi connectivity index (χ1v) is 5.57. The average Bonchev–Trinajstić information content (AvgIpc) is 2.56. The molecular formula is C8H17NO2S. The van der Waals surface area contributed by atoms with E-state index in [1.54, 1.807) is 0 Å². The first kappa shape index (κ1) is 10.3. The zero-order chi connectivity index (χ0) is 8.81. The Morgan fingerprint density at radius 1 is 1.25 bits per heavy atom. The fourth-order valence-corrected chi connectivity index (χ4v) is 2.80. The first-order valence-electron chi connectivity index (χ1n) is 4.42. The van der Waals surface area contributed by atoms with Crippen LogP contribution in [0.3, 0.4) is 0 Å². The second kappa shape index (κ2) is 5.80. The summed E-state index contributed by atoms with van der Waals surface area (Å²) < 4.78 is 0. The second-order valence-electron chi connectivity index (χ2n) is 3.00. The normalized spacial score (nSPS) is 23.8. The number of thioether (sulfide) groups is 1. The molecule has 1 atom stereocenters. The van der Waals surface area contributed by atoms with E-state index >= 15 is 0 Å². The fraction of sp³-hybridized carbons (Fsp3) is 1.00. The molecular weight excluding hydrogens is 174 g/mol.